The van der Waals surface area contributed by atoms with Crippen LogP contribution in [-0.2, 0) is 6.61 Å². The van der Waals surface area contributed by atoms with Gasteiger partial charge in [-0.25, -0.2) is 9.97 Å². The van der Waals surface area contributed by atoms with E-state index >= 15 is 0 Å². The molecule has 0 saturated carbocycles. The fourth-order valence-corrected chi connectivity index (χ4v) is 2.53. The van der Waals surface area contributed by atoms with Crippen LogP contribution in [0.5, 0.6) is 5.75 Å². The Hall–Kier alpha value is -2.53. The van der Waals surface area contributed by atoms with Crippen molar-refractivity contribution in [3.8, 4) is 17.0 Å². The number of hydrogen-bond donors (Lipinski definition) is 1. The van der Waals surface area contributed by atoms with E-state index in [1.165, 1.54) is 11.8 Å². The first-order valence-corrected chi connectivity index (χ1v) is 8.43. The minimum Gasteiger partial charge on any atom is -0.489 e. The highest BCUT2D eigenvalue weighted by Gasteiger charge is 2.05. The molecule has 0 fully saturated rings. The van der Waals surface area contributed by atoms with Crippen molar-refractivity contribution in [2.45, 2.75) is 11.8 Å². The number of rotatable bonds is 5. The lowest BCUT2D eigenvalue weighted by atomic mass is 10.1. The maximum atomic E-state index is 5.83. The fourth-order valence-electron chi connectivity index (χ4n) is 2.15. The third-order valence-electron chi connectivity index (χ3n) is 3.31. The number of nitrogen functional groups attached to an aromatic ring is 1. The molecule has 4 nitrogen and oxygen atoms in total. The molecule has 0 aliphatic rings. The Morgan fingerprint density at radius 3 is 2.43 bits per heavy atom. The molecule has 116 valence electrons. The first kappa shape index (κ1) is 15.4. The van der Waals surface area contributed by atoms with Gasteiger partial charge >= 0.3 is 0 Å². The number of nitrogens with zero attached hydrogens (tertiary/aromatic N) is 2. The molecule has 2 N–H and O–H groups in total. The maximum absolute atomic E-state index is 5.83. The van der Waals surface area contributed by atoms with Crippen molar-refractivity contribution in [2.24, 2.45) is 0 Å². The van der Waals surface area contributed by atoms with Gasteiger partial charge in [0.15, 0.2) is 5.16 Å². The normalized spacial score (nSPS) is 10.5. The average Bonchev–Trinajstić information content (AvgIpc) is 2.60. The fraction of sp³-hybridized carbons (Fsp3) is 0.111. The predicted molar refractivity (Wildman–Crippen MR) is 94.4 cm³/mol. The van der Waals surface area contributed by atoms with Crippen LogP contribution in [0.4, 0.5) is 5.82 Å². The highest BCUT2D eigenvalue weighted by molar-refractivity contribution is 7.98. The third-order valence-corrected chi connectivity index (χ3v) is 3.85. The summed E-state index contributed by atoms with van der Waals surface area (Å²) < 4.78 is 5.79. The Morgan fingerprint density at radius 2 is 1.74 bits per heavy atom. The second-order valence-electron chi connectivity index (χ2n) is 4.96. The topological polar surface area (TPSA) is 61.0 Å². The van der Waals surface area contributed by atoms with Crippen LogP contribution in [-0.4, -0.2) is 16.2 Å². The van der Waals surface area contributed by atoms with Gasteiger partial charge in [0.05, 0.1) is 5.69 Å². The first-order valence-electron chi connectivity index (χ1n) is 7.20. The molecule has 0 amide bonds. The molecule has 2 aromatic carbocycles. The molecular formula is C18H17N3OS. The predicted octanol–water partition coefficient (Wildman–Crippen LogP) is 4.03. The zero-order valence-corrected chi connectivity index (χ0v) is 13.6. The Labute approximate surface area is 139 Å². The van der Waals surface area contributed by atoms with E-state index < -0.39 is 0 Å². The van der Waals surface area contributed by atoms with Gasteiger partial charge in [-0.3, -0.25) is 0 Å². The van der Waals surface area contributed by atoms with E-state index in [2.05, 4.69) is 9.97 Å². The molecule has 0 bridgehead atoms. The molecule has 3 rings (SSSR count). The molecule has 0 unspecified atom stereocenters. The monoisotopic (exact) mass is 323 g/mol. The maximum Gasteiger partial charge on any atom is 0.189 e. The summed E-state index contributed by atoms with van der Waals surface area (Å²) in [6, 6.07) is 19.7. The van der Waals surface area contributed by atoms with Crippen LogP contribution < -0.4 is 10.5 Å². The van der Waals surface area contributed by atoms with E-state index in [0.717, 1.165) is 22.6 Å². The van der Waals surface area contributed by atoms with Gasteiger partial charge in [0.1, 0.15) is 18.2 Å². The van der Waals surface area contributed by atoms with Crippen LogP contribution in [0.3, 0.4) is 0 Å². The van der Waals surface area contributed by atoms with Gasteiger partial charge in [-0.1, -0.05) is 42.1 Å². The van der Waals surface area contributed by atoms with E-state index in [1.54, 1.807) is 6.07 Å². The molecule has 23 heavy (non-hydrogen) atoms. The summed E-state index contributed by atoms with van der Waals surface area (Å²) in [6.45, 7) is 0.553. The van der Waals surface area contributed by atoms with Crippen molar-refractivity contribution in [1.82, 2.24) is 9.97 Å². The second-order valence-corrected chi connectivity index (χ2v) is 5.74. The highest BCUT2D eigenvalue weighted by Crippen LogP contribution is 2.24. The minimum atomic E-state index is 0.476. The van der Waals surface area contributed by atoms with Crippen molar-refractivity contribution in [3.63, 3.8) is 0 Å². The van der Waals surface area contributed by atoms with Crippen molar-refractivity contribution in [1.29, 1.82) is 0 Å². The number of nitrogens with two attached hydrogens (primary N) is 1. The van der Waals surface area contributed by atoms with Gasteiger partial charge in [-0.05, 0) is 36.1 Å². The molecule has 0 aliphatic heterocycles. The van der Waals surface area contributed by atoms with E-state index in [9.17, 15) is 0 Å². The summed E-state index contributed by atoms with van der Waals surface area (Å²) in [5, 5.41) is 0.671. The van der Waals surface area contributed by atoms with Crippen LogP contribution in [0.2, 0.25) is 0 Å². The lowest BCUT2D eigenvalue weighted by molar-refractivity contribution is 0.306. The summed E-state index contributed by atoms with van der Waals surface area (Å²) in [7, 11) is 0. The standard InChI is InChI=1S/C18H17N3OS/c1-23-18-20-16(11-17(19)21-18)14-7-9-15(10-8-14)22-12-13-5-3-2-4-6-13/h2-11H,12H2,1H3,(H2,19,20,21). The van der Waals surface area contributed by atoms with Crippen molar-refractivity contribution >= 4 is 17.6 Å². The highest BCUT2D eigenvalue weighted by atomic mass is 32.2. The molecule has 5 heteroatoms. The zero-order chi connectivity index (χ0) is 16.1. The molecular weight excluding hydrogens is 306 g/mol. The van der Waals surface area contributed by atoms with Gasteiger partial charge < -0.3 is 10.5 Å². The molecule has 0 spiro atoms. The molecule has 0 aliphatic carbocycles. The lowest BCUT2D eigenvalue weighted by Gasteiger charge is -2.08. The number of anilines is 1. The van der Waals surface area contributed by atoms with Crippen molar-refractivity contribution in [3.05, 3.63) is 66.2 Å². The Bertz CT molecular complexity index is 776. The Morgan fingerprint density at radius 1 is 1.00 bits per heavy atom. The number of benzene rings is 2. The molecule has 0 atom stereocenters. The molecule has 3 aromatic rings. The van der Waals surface area contributed by atoms with Crippen molar-refractivity contribution < 1.29 is 4.74 Å². The number of thioether (sulfide) groups is 1. The Balaban J connectivity index is 1.73. The molecule has 0 radical (unpaired) electrons. The van der Waals surface area contributed by atoms with E-state index in [1.807, 2.05) is 60.9 Å². The average molecular weight is 323 g/mol. The molecule has 0 saturated heterocycles. The second kappa shape index (κ2) is 7.15. The van der Waals surface area contributed by atoms with E-state index in [0.29, 0.717) is 17.6 Å². The third kappa shape index (κ3) is 4.02. The number of ether oxygens (including phenoxy) is 1. The van der Waals surface area contributed by atoms with Crippen molar-refractivity contribution in [2.75, 3.05) is 12.0 Å². The number of hydrogen-bond acceptors (Lipinski definition) is 5. The largest absolute Gasteiger partial charge is 0.489 e. The van der Waals surface area contributed by atoms with Crippen LogP contribution >= 0.6 is 11.8 Å². The SMILES string of the molecule is CSc1nc(N)cc(-c2ccc(OCc3ccccc3)cc2)n1. The van der Waals surface area contributed by atoms with Gasteiger partial charge in [0.2, 0.25) is 0 Å². The number of aromatic nitrogens is 2. The van der Waals surface area contributed by atoms with Crippen LogP contribution in [0.1, 0.15) is 5.56 Å². The van der Waals surface area contributed by atoms with Crippen LogP contribution in [0, 0.1) is 0 Å². The first-order chi connectivity index (χ1) is 11.2. The zero-order valence-electron chi connectivity index (χ0n) is 12.8. The smallest absolute Gasteiger partial charge is 0.189 e. The molecule has 1 aromatic heterocycles. The minimum absolute atomic E-state index is 0.476. The Kier molecular flexibility index (Phi) is 4.78. The quantitative estimate of drug-likeness (QED) is 0.567. The summed E-state index contributed by atoms with van der Waals surface area (Å²) in [5.74, 6) is 1.30. The summed E-state index contributed by atoms with van der Waals surface area (Å²) >= 11 is 1.47. The van der Waals surface area contributed by atoms with Gasteiger partial charge in [-0.15, -0.1) is 0 Å². The van der Waals surface area contributed by atoms with Gasteiger partial charge in [-0.2, -0.15) is 0 Å². The summed E-state index contributed by atoms with van der Waals surface area (Å²) in [6.07, 6.45) is 1.93. The molecule has 1 heterocycles. The summed E-state index contributed by atoms with van der Waals surface area (Å²) in [5.41, 5.74) is 8.77. The van der Waals surface area contributed by atoms with Gasteiger partial charge in [0.25, 0.3) is 0 Å². The van der Waals surface area contributed by atoms with Crippen LogP contribution in [0.25, 0.3) is 11.3 Å². The van der Waals surface area contributed by atoms with Gasteiger partial charge in [0, 0.05) is 11.6 Å². The summed E-state index contributed by atoms with van der Waals surface area (Å²) in [4.78, 5) is 8.64. The lowest BCUT2D eigenvalue weighted by Crippen LogP contribution is -1.97. The van der Waals surface area contributed by atoms with E-state index in [4.69, 9.17) is 10.5 Å². The van der Waals surface area contributed by atoms with Crippen LogP contribution in [0.15, 0.2) is 65.8 Å². The van der Waals surface area contributed by atoms with E-state index in [-0.39, 0.29) is 0 Å².